The molecule has 0 radical (unpaired) electrons. The molecule has 2 N–H and O–H groups in total. The molecule has 0 bridgehead atoms. The van der Waals surface area contributed by atoms with E-state index in [1.54, 1.807) is 18.1 Å². The number of pyridine rings is 1. The molecule has 0 saturated carbocycles. The lowest BCUT2D eigenvalue weighted by atomic mass is 10.3. The van der Waals surface area contributed by atoms with Crippen molar-refractivity contribution < 1.29 is 4.79 Å². The predicted octanol–water partition coefficient (Wildman–Crippen LogP) is 1.04. The van der Waals surface area contributed by atoms with E-state index in [1.165, 1.54) is 0 Å². The maximum absolute atomic E-state index is 12.1. The monoisotopic (exact) mass is 294 g/mol. The van der Waals surface area contributed by atoms with Gasteiger partial charge in [-0.15, -0.1) is 0 Å². The quantitative estimate of drug-likeness (QED) is 0.726. The summed E-state index contributed by atoms with van der Waals surface area (Å²) in [7, 11) is 1.77. The molecule has 1 aromatic rings. The predicted molar refractivity (Wildman–Crippen MR) is 84.2 cm³/mol. The van der Waals surface area contributed by atoms with Crippen LogP contribution < -0.4 is 5.73 Å². The van der Waals surface area contributed by atoms with Gasteiger partial charge in [0.2, 0.25) is 5.91 Å². The highest BCUT2D eigenvalue weighted by Gasteiger charge is 2.14. The van der Waals surface area contributed by atoms with E-state index in [0.717, 1.165) is 12.2 Å². The molecule has 0 spiro atoms. The van der Waals surface area contributed by atoms with Crippen molar-refractivity contribution in [1.82, 2.24) is 14.8 Å². The second-order valence-electron chi connectivity index (χ2n) is 4.66. The summed E-state index contributed by atoms with van der Waals surface area (Å²) >= 11 is 4.82. The van der Waals surface area contributed by atoms with Crippen LogP contribution >= 0.6 is 12.2 Å². The summed E-state index contributed by atoms with van der Waals surface area (Å²) in [5.74, 6) is 0.0685. The minimum absolute atomic E-state index is 0.0685. The van der Waals surface area contributed by atoms with Crippen molar-refractivity contribution in [1.29, 1.82) is 0 Å². The van der Waals surface area contributed by atoms with Crippen LogP contribution in [0.25, 0.3) is 0 Å². The van der Waals surface area contributed by atoms with Gasteiger partial charge in [0.25, 0.3) is 0 Å². The summed E-state index contributed by atoms with van der Waals surface area (Å²) < 4.78 is 0. The molecule has 1 heterocycles. The number of likely N-dealkylation sites (N-methyl/N-ethyl adjacent to an activating group) is 2. The smallest absolute Gasteiger partial charge is 0.236 e. The van der Waals surface area contributed by atoms with Crippen LogP contribution in [0, 0.1) is 0 Å². The van der Waals surface area contributed by atoms with E-state index in [1.807, 2.05) is 25.1 Å². The second-order valence-corrected chi connectivity index (χ2v) is 5.18. The van der Waals surface area contributed by atoms with Crippen molar-refractivity contribution in [2.45, 2.75) is 19.9 Å². The van der Waals surface area contributed by atoms with Crippen LogP contribution in [-0.4, -0.2) is 52.4 Å². The zero-order valence-electron chi connectivity index (χ0n) is 12.1. The lowest BCUT2D eigenvalue weighted by Gasteiger charge is -2.23. The average molecular weight is 294 g/mol. The molecule has 5 nitrogen and oxygen atoms in total. The Bertz CT molecular complexity index is 438. The fourth-order valence-corrected chi connectivity index (χ4v) is 1.81. The molecule has 0 aliphatic carbocycles. The first kappa shape index (κ1) is 16.5. The lowest BCUT2D eigenvalue weighted by Crippen LogP contribution is -2.39. The second kappa shape index (κ2) is 8.60. The van der Waals surface area contributed by atoms with Crippen LogP contribution in [0.1, 0.15) is 19.0 Å². The number of carbonyl (C=O) groups is 1. The fraction of sp³-hybridized carbons (Fsp3) is 0.500. The molecule has 0 fully saturated rings. The number of aromatic nitrogens is 1. The van der Waals surface area contributed by atoms with Gasteiger partial charge in [-0.2, -0.15) is 0 Å². The van der Waals surface area contributed by atoms with Gasteiger partial charge in [-0.25, -0.2) is 0 Å². The average Bonchev–Trinajstić information content (AvgIpc) is 2.44. The Morgan fingerprint density at radius 3 is 2.75 bits per heavy atom. The van der Waals surface area contributed by atoms with Crippen molar-refractivity contribution in [3.63, 3.8) is 0 Å². The van der Waals surface area contributed by atoms with Crippen LogP contribution in [0.15, 0.2) is 24.4 Å². The number of carbonyl (C=O) groups excluding carboxylic acids is 1. The summed E-state index contributed by atoms with van der Waals surface area (Å²) in [6.07, 6.45) is 2.32. The Hall–Kier alpha value is -1.53. The van der Waals surface area contributed by atoms with Crippen molar-refractivity contribution in [3.05, 3.63) is 30.1 Å². The Kier molecular flexibility index (Phi) is 7.11. The molecular weight excluding hydrogens is 272 g/mol. The summed E-state index contributed by atoms with van der Waals surface area (Å²) in [6.45, 7) is 4.44. The van der Waals surface area contributed by atoms with Crippen molar-refractivity contribution in [2.24, 2.45) is 5.73 Å². The third-order valence-corrected chi connectivity index (χ3v) is 3.24. The van der Waals surface area contributed by atoms with E-state index in [4.69, 9.17) is 18.0 Å². The highest BCUT2D eigenvalue weighted by Crippen LogP contribution is 2.02. The molecule has 110 valence electrons. The van der Waals surface area contributed by atoms with Gasteiger partial charge in [0.15, 0.2) is 0 Å². The fourth-order valence-electron chi connectivity index (χ4n) is 1.71. The molecule has 6 heteroatoms. The highest BCUT2D eigenvalue weighted by atomic mass is 32.1. The maximum Gasteiger partial charge on any atom is 0.236 e. The number of thiocarbonyl (C=S) groups is 1. The van der Waals surface area contributed by atoms with Crippen LogP contribution in [0.4, 0.5) is 0 Å². The number of amides is 1. The number of nitrogens with zero attached hydrogens (tertiary/aromatic N) is 3. The van der Waals surface area contributed by atoms with E-state index in [0.29, 0.717) is 31.0 Å². The van der Waals surface area contributed by atoms with E-state index in [2.05, 4.69) is 9.88 Å². The Labute approximate surface area is 125 Å². The molecular formula is C14H22N4OS. The first-order chi connectivity index (χ1) is 9.52. The van der Waals surface area contributed by atoms with Crippen molar-refractivity contribution >= 4 is 23.1 Å². The van der Waals surface area contributed by atoms with Gasteiger partial charge in [0, 0.05) is 32.8 Å². The zero-order chi connectivity index (χ0) is 15.0. The molecule has 1 rings (SSSR count). The van der Waals surface area contributed by atoms with Crippen LogP contribution in [0.5, 0.6) is 0 Å². The Morgan fingerprint density at radius 2 is 2.20 bits per heavy atom. The molecule has 0 saturated heterocycles. The lowest BCUT2D eigenvalue weighted by molar-refractivity contribution is -0.131. The SMILES string of the molecule is CCN(CC(=O)N(C)CCC(N)=S)Cc1ccccn1. The molecule has 0 atom stereocenters. The van der Waals surface area contributed by atoms with Gasteiger partial charge in [0.05, 0.1) is 17.2 Å². The minimum atomic E-state index is 0.0685. The molecule has 1 amide bonds. The Morgan fingerprint density at radius 1 is 1.45 bits per heavy atom. The number of hydrogen-bond donors (Lipinski definition) is 1. The summed E-state index contributed by atoms with van der Waals surface area (Å²) in [5.41, 5.74) is 6.41. The van der Waals surface area contributed by atoms with Crippen molar-refractivity contribution in [3.8, 4) is 0 Å². The van der Waals surface area contributed by atoms with Gasteiger partial charge in [-0.05, 0) is 18.7 Å². The van der Waals surface area contributed by atoms with Crippen LogP contribution in [-0.2, 0) is 11.3 Å². The van der Waals surface area contributed by atoms with Crippen molar-refractivity contribution in [2.75, 3.05) is 26.7 Å². The van der Waals surface area contributed by atoms with E-state index in [-0.39, 0.29) is 5.91 Å². The largest absolute Gasteiger partial charge is 0.393 e. The molecule has 0 aliphatic rings. The van der Waals surface area contributed by atoms with Crippen LogP contribution in [0.3, 0.4) is 0 Å². The minimum Gasteiger partial charge on any atom is -0.393 e. The summed E-state index contributed by atoms with van der Waals surface area (Å²) in [6, 6.07) is 5.80. The standard InChI is InChI=1S/C14H22N4OS/c1-3-18(10-12-6-4-5-8-16-12)11-14(19)17(2)9-7-13(15)20/h4-6,8H,3,7,9-11H2,1-2H3,(H2,15,20). The molecule has 1 aromatic heterocycles. The summed E-state index contributed by atoms with van der Waals surface area (Å²) in [4.78, 5) is 20.5. The van der Waals surface area contributed by atoms with Gasteiger partial charge >= 0.3 is 0 Å². The first-order valence-electron chi connectivity index (χ1n) is 6.67. The number of nitrogens with two attached hydrogens (primary N) is 1. The molecule has 0 aliphatic heterocycles. The number of rotatable bonds is 8. The van der Waals surface area contributed by atoms with E-state index in [9.17, 15) is 4.79 Å². The molecule has 0 aromatic carbocycles. The normalized spacial score (nSPS) is 10.6. The van der Waals surface area contributed by atoms with Gasteiger partial charge in [-0.1, -0.05) is 25.2 Å². The van der Waals surface area contributed by atoms with Gasteiger partial charge in [-0.3, -0.25) is 14.7 Å². The van der Waals surface area contributed by atoms with E-state index >= 15 is 0 Å². The molecule has 0 unspecified atom stereocenters. The van der Waals surface area contributed by atoms with E-state index < -0.39 is 0 Å². The first-order valence-corrected chi connectivity index (χ1v) is 7.08. The third kappa shape index (κ3) is 6.08. The number of hydrogen-bond acceptors (Lipinski definition) is 4. The summed E-state index contributed by atoms with van der Waals surface area (Å²) in [5, 5.41) is 0. The third-order valence-electron chi connectivity index (χ3n) is 3.04. The topological polar surface area (TPSA) is 62.5 Å². The van der Waals surface area contributed by atoms with Gasteiger partial charge < -0.3 is 10.6 Å². The van der Waals surface area contributed by atoms with Gasteiger partial charge in [0.1, 0.15) is 0 Å². The zero-order valence-corrected chi connectivity index (χ0v) is 12.9. The molecule has 20 heavy (non-hydrogen) atoms. The highest BCUT2D eigenvalue weighted by molar-refractivity contribution is 7.80. The maximum atomic E-state index is 12.1. The van der Waals surface area contributed by atoms with Crippen LogP contribution in [0.2, 0.25) is 0 Å². The Balaban J connectivity index is 2.47.